The van der Waals surface area contributed by atoms with Gasteiger partial charge in [0.15, 0.2) is 0 Å². The summed E-state index contributed by atoms with van der Waals surface area (Å²) in [5.74, 6) is -0.451. The summed E-state index contributed by atoms with van der Waals surface area (Å²) in [5.41, 5.74) is 1.00. The Kier molecular flexibility index (Phi) is 7.16. The molecule has 1 aromatic rings. The smallest absolute Gasteiger partial charge is 0.423 e. The Bertz CT molecular complexity index is 416. The van der Waals surface area contributed by atoms with Crippen LogP contribution in [0.3, 0.4) is 0 Å². The highest BCUT2D eigenvalue weighted by Gasteiger charge is 2.18. The van der Waals surface area contributed by atoms with E-state index in [2.05, 4.69) is 16.7 Å². The molecule has 0 saturated carbocycles. The quantitative estimate of drug-likeness (QED) is 0.672. The van der Waals surface area contributed by atoms with Gasteiger partial charge in [0.25, 0.3) is 0 Å². The molecule has 0 atom stereocenters. The minimum absolute atomic E-state index is 0.246. The van der Waals surface area contributed by atoms with E-state index in [0.717, 1.165) is 31.6 Å². The van der Waals surface area contributed by atoms with Crippen LogP contribution in [0, 0.1) is 5.82 Å². The third-order valence-electron chi connectivity index (χ3n) is 3.31. The summed E-state index contributed by atoms with van der Waals surface area (Å²) in [4.78, 5) is 4.34. The molecule has 1 rings (SSSR count). The van der Waals surface area contributed by atoms with Crippen LogP contribution in [-0.2, 0) is 6.54 Å². The number of benzene rings is 1. The zero-order valence-electron chi connectivity index (χ0n) is 12.5. The molecule has 0 radical (unpaired) electrons. The summed E-state index contributed by atoms with van der Waals surface area (Å²) in [6.07, 6.45) is 1.04. The van der Waals surface area contributed by atoms with E-state index in [1.165, 1.54) is 12.1 Å². The summed E-state index contributed by atoms with van der Waals surface area (Å²) < 4.78 is 13.2. The maximum atomic E-state index is 13.2. The lowest BCUT2D eigenvalue weighted by molar-refractivity contribution is 0.259. The van der Waals surface area contributed by atoms with Gasteiger partial charge in [-0.3, -0.25) is 4.90 Å². The second-order valence-corrected chi connectivity index (χ2v) is 5.24. The van der Waals surface area contributed by atoms with Crippen molar-refractivity contribution in [2.24, 2.45) is 0 Å². The molecule has 0 bridgehead atoms. The van der Waals surface area contributed by atoms with Crippen molar-refractivity contribution < 1.29 is 14.4 Å². The Labute approximate surface area is 121 Å². The van der Waals surface area contributed by atoms with Crippen molar-refractivity contribution in [1.82, 2.24) is 9.80 Å². The molecule has 6 heteroatoms. The predicted octanol–water partition coefficient (Wildman–Crippen LogP) is 0.279. The summed E-state index contributed by atoms with van der Waals surface area (Å²) >= 11 is 0. The first kappa shape index (κ1) is 17.1. The lowest BCUT2D eigenvalue weighted by Crippen LogP contribution is -2.36. The van der Waals surface area contributed by atoms with Crippen LogP contribution in [-0.4, -0.2) is 60.7 Å². The van der Waals surface area contributed by atoms with E-state index in [1.807, 2.05) is 14.1 Å². The molecule has 0 aliphatic heterocycles. The second-order valence-electron chi connectivity index (χ2n) is 5.24. The Hall–Kier alpha value is -0.945. The van der Waals surface area contributed by atoms with Gasteiger partial charge in [0, 0.05) is 6.54 Å². The highest BCUT2D eigenvalue weighted by Crippen LogP contribution is 2.06. The molecule has 0 saturated heterocycles. The van der Waals surface area contributed by atoms with Gasteiger partial charge >= 0.3 is 7.12 Å². The minimum Gasteiger partial charge on any atom is -0.423 e. The normalized spacial score (nSPS) is 11.4. The van der Waals surface area contributed by atoms with Crippen LogP contribution in [0.4, 0.5) is 4.39 Å². The molecule has 0 aromatic heterocycles. The summed E-state index contributed by atoms with van der Waals surface area (Å²) in [6.45, 7) is 5.46. The van der Waals surface area contributed by atoms with E-state index in [9.17, 15) is 14.4 Å². The van der Waals surface area contributed by atoms with Crippen molar-refractivity contribution in [1.29, 1.82) is 0 Å². The molecular formula is C14H24BFN2O2. The van der Waals surface area contributed by atoms with Crippen LogP contribution in [0.15, 0.2) is 18.2 Å². The fraction of sp³-hybridized carbons (Fsp3) is 0.571. The van der Waals surface area contributed by atoms with Crippen molar-refractivity contribution in [3.63, 3.8) is 0 Å². The Morgan fingerprint density at radius 3 is 2.45 bits per heavy atom. The minimum atomic E-state index is -1.64. The monoisotopic (exact) mass is 282 g/mol. The molecule has 0 heterocycles. The van der Waals surface area contributed by atoms with Crippen molar-refractivity contribution in [3.05, 3.63) is 29.6 Å². The maximum Gasteiger partial charge on any atom is 0.488 e. The van der Waals surface area contributed by atoms with Gasteiger partial charge in [-0.05, 0) is 63.3 Å². The summed E-state index contributed by atoms with van der Waals surface area (Å²) in [5, 5.41) is 18.7. The number of nitrogens with zero attached hydrogens (tertiary/aromatic N) is 2. The first-order valence-electron chi connectivity index (χ1n) is 6.95. The third kappa shape index (κ3) is 5.59. The number of hydrogen-bond donors (Lipinski definition) is 2. The van der Waals surface area contributed by atoms with Gasteiger partial charge < -0.3 is 14.9 Å². The third-order valence-corrected chi connectivity index (χ3v) is 3.31. The molecule has 0 amide bonds. The van der Waals surface area contributed by atoms with Gasteiger partial charge in [-0.1, -0.05) is 13.0 Å². The van der Waals surface area contributed by atoms with Crippen molar-refractivity contribution >= 4 is 12.6 Å². The molecule has 0 spiro atoms. The van der Waals surface area contributed by atoms with E-state index >= 15 is 0 Å². The van der Waals surface area contributed by atoms with Crippen molar-refractivity contribution in [2.45, 2.75) is 19.9 Å². The first-order valence-corrected chi connectivity index (χ1v) is 6.95. The highest BCUT2D eigenvalue weighted by atomic mass is 19.1. The van der Waals surface area contributed by atoms with E-state index in [4.69, 9.17) is 0 Å². The first-order chi connectivity index (χ1) is 9.43. The molecule has 0 aliphatic rings. The average molecular weight is 282 g/mol. The van der Waals surface area contributed by atoms with Gasteiger partial charge in [0.1, 0.15) is 5.82 Å². The molecule has 0 unspecified atom stereocenters. The Morgan fingerprint density at radius 2 is 1.90 bits per heavy atom. The topological polar surface area (TPSA) is 46.9 Å². The SMILES string of the molecule is CCN(CCCN(C)C)Cc1ccc(F)cc1B(O)O. The fourth-order valence-electron chi connectivity index (χ4n) is 2.15. The standard InChI is InChI=1S/C14H24BFN2O2/c1-4-18(9-5-8-17(2)3)11-12-6-7-13(16)10-14(12)15(19)20/h6-7,10,19-20H,4-5,8-9,11H2,1-3H3. The lowest BCUT2D eigenvalue weighted by atomic mass is 9.77. The van der Waals surface area contributed by atoms with E-state index in [0.29, 0.717) is 6.54 Å². The van der Waals surface area contributed by atoms with Gasteiger partial charge in [-0.25, -0.2) is 4.39 Å². The van der Waals surface area contributed by atoms with Crippen LogP contribution >= 0.6 is 0 Å². The highest BCUT2D eigenvalue weighted by molar-refractivity contribution is 6.59. The Morgan fingerprint density at radius 1 is 1.20 bits per heavy atom. The zero-order valence-corrected chi connectivity index (χ0v) is 12.5. The van der Waals surface area contributed by atoms with Gasteiger partial charge in [-0.15, -0.1) is 0 Å². The van der Waals surface area contributed by atoms with Gasteiger partial charge in [-0.2, -0.15) is 0 Å². The van der Waals surface area contributed by atoms with Crippen LogP contribution < -0.4 is 5.46 Å². The van der Waals surface area contributed by atoms with Crippen LogP contribution in [0.2, 0.25) is 0 Å². The van der Waals surface area contributed by atoms with Gasteiger partial charge in [0.2, 0.25) is 0 Å². The van der Waals surface area contributed by atoms with E-state index in [1.54, 1.807) is 6.07 Å². The van der Waals surface area contributed by atoms with Crippen LogP contribution in [0.25, 0.3) is 0 Å². The van der Waals surface area contributed by atoms with E-state index in [-0.39, 0.29) is 5.46 Å². The molecular weight excluding hydrogens is 258 g/mol. The second kappa shape index (κ2) is 8.37. The summed E-state index contributed by atoms with van der Waals surface area (Å²) in [7, 11) is 2.44. The number of hydrogen-bond acceptors (Lipinski definition) is 4. The van der Waals surface area contributed by atoms with E-state index < -0.39 is 12.9 Å². The lowest BCUT2D eigenvalue weighted by Gasteiger charge is -2.23. The van der Waals surface area contributed by atoms with Crippen molar-refractivity contribution in [2.75, 3.05) is 33.7 Å². The molecule has 0 aliphatic carbocycles. The van der Waals surface area contributed by atoms with Crippen LogP contribution in [0.5, 0.6) is 0 Å². The van der Waals surface area contributed by atoms with Crippen molar-refractivity contribution in [3.8, 4) is 0 Å². The summed E-state index contributed by atoms with van der Waals surface area (Å²) in [6, 6.07) is 4.17. The molecule has 4 nitrogen and oxygen atoms in total. The predicted molar refractivity (Wildman–Crippen MR) is 80.3 cm³/mol. The number of halogens is 1. The molecule has 2 N–H and O–H groups in total. The maximum absolute atomic E-state index is 13.2. The molecule has 0 fully saturated rings. The Balaban J connectivity index is 2.69. The molecule has 1 aromatic carbocycles. The van der Waals surface area contributed by atoms with Gasteiger partial charge in [0.05, 0.1) is 0 Å². The molecule has 112 valence electrons. The number of rotatable bonds is 8. The average Bonchev–Trinajstić information content (AvgIpc) is 2.38. The fourth-order valence-corrected chi connectivity index (χ4v) is 2.15. The van der Waals surface area contributed by atoms with Crippen LogP contribution in [0.1, 0.15) is 18.9 Å². The largest absolute Gasteiger partial charge is 0.488 e. The molecule has 20 heavy (non-hydrogen) atoms. The zero-order chi connectivity index (χ0) is 15.1.